The molecule has 0 bridgehead atoms. The molecular weight excluding hydrogens is 757 g/mol. The SMILES string of the molecule is CC/C=C\C/C=C\C/C=C\CCCCCCCC(=O)OCC(COC(=O)CCCCC/C=C\C/C=C\C/C=C\CC)OC(=O)CCCCCCC/C=C\C/C=C\C/C=C\CC. The smallest absolute Gasteiger partial charge is 0.306 e. The van der Waals surface area contributed by atoms with Crippen LogP contribution in [0.2, 0.25) is 0 Å². The maximum atomic E-state index is 12.8. The summed E-state index contributed by atoms with van der Waals surface area (Å²) in [7, 11) is 0. The summed E-state index contributed by atoms with van der Waals surface area (Å²) in [6, 6.07) is 0. The summed E-state index contributed by atoms with van der Waals surface area (Å²) in [6.07, 6.45) is 65.0. The van der Waals surface area contributed by atoms with Gasteiger partial charge in [-0.3, -0.25) is 14.4 Å². The maximum Gasteiger partial charge on any atom is 0.306 e. The van der Waals surface area contributed by atoms with Gasteiger partial charge >= 0.3 is 17.9 Å². The molecule has 0 aromatic carbocycles. The van der Waals surface area contributed by atoms with Crippen LogP contribution in [0.3, 0.4) is 0 Å². The summed E-state index contributed by atoms with van der Waals surface area (Å²) < 4.78 is 16.7. The van der Waals surface area contributed by atoms with Gasteiger partial charge in [0.25, 0.3) is 0 Å². The molecule has 344 valence electrons. The van der Waals surface area contributed by atoms with Crippen molar-refractivity contribution in [2.75, 3.05) is 13.2 Å². The summed E-state index contributed by atoms with van der Waals surface area (Å²) >= 11 is 0. The van der Waals surface area contributed by atoms with Gasteiger partial charge in [0.15, 0.2) is 6.10 Å². The number of carbonyl (C=O) groups is 3. The van der Waals surface area contributed by atoms with Gasteiger partial charge in [-0.1, -0.05) is 175 Å². The molecule has 0 aliphatic rings. The number of carbonyl (C=O) groups excluding carboxylic acids is 3. The van der Waals surface area contributed by atoms with E-state index in [4.69, 9.17) is 14.2 Å². The molecule has 0 saturated carbocycles. The quantitative estimate of drug-likeness (QED) is 0.0264. The lowest BCUT2D eigenvalue weighted by Crippen LogP contribution is -2.30. The number of unbranched alkanes of at least 4 members (excludes halogenated alkanes) is 13. The molecule has 0 aromatic heterocycles. The summed E-state index contributed by atoms with van der Waals surface area (Å²) in [6.45, 7) is 6.22. The molecule has 0 radical (unpaired) electrons. The highest BCUT2D eigenvalue weighted by atomic mass is 16.6. The molecule has 0 aromatic rings. The van der Waals surface area contributed by atoms with Gasteiger partial charge in [-0.25, -0.2) is 0 Å². The van der Waals surface area contributed by atoms with Crippen LogP contribution in [0.15, 0.2) is 109 Å². The lowest BCUT2D eigenvalue weighted by atomic mass is 10.1. The van der Waals surface area contributed by atoms with Crippen molar-refractivity contribution in [3.63, 3.8) is 0 Å². The number of ether oxygens (including phenoxy) is 3. The van der Waals surface area contributed by atoms with E-state index in [1.54, 1.807) is 0 Å². The molecule has 0 aliphatic carbocycles. The van der Waals surface area contributed by atoms with E-state index in [0.717, 1.165) is 161 Å². The second-order valence-electron chi connectivity index (χ2n) is 15.6. The first-order valence-corrected chi connectivity index (χ1v) is 24.4. The Kier molecular flexibility index (Phi) is 45.6. The second kappa shape index (κ2) is 48.7. The Balaban J connectivity index is 4.51. The highest BCUT2D eigenvalue weighted by Crippen LogP contribution is 2.12. The number of esters is 3. The molecule has 0 N–H and O–H groups in total. The van der Waals surface area contributed by atoms with Gasteiger partial charge in [-0.2, -0.15) is 0 Å². The Hall–Kier alpha value is -3.93. The summed E-state index contributed by atoms with van der Waals surface area (Å²) in [5.74, 6) is -0.978. The van der Waals surface area contributed by atoms with E-state index in [0.29, 0.717) is 19.3 Å². The molecule has 61 heavy (non-hydrogen) atoms. The van der Waals surface area contributed by atoms with Gasteiger partial charge in [0.05, 0.1) is 0 Å². The second-order valence-corrected chi connectivity index (χ2v) is 15.6. The Morgan fingerprint density at radius 2 is 0.590 bits per heavy atom. The van der Waals surface area contributed by atoms with Crippen molar-refractivity contribution < 1.29 is 28.6 Å². The first kappa shape index (κ1) is 57.1. The Morgan fingerprint density at radius 1 is 0.328 bits per heavy atom. The molecule has 0 aliphatic heterocycles. The van der Waals surface area contributed by atoms with Crippen molar-refractivity contribution in [3.8, 4) is 0 Å². The molecule has 0 rings (SSSR count). The topological polar surface area (TPSA) is 78.9 Å². The van der Waals surface area contributed by atoms with Crippen LogP contribution in [0.1, 0.15) is 201 Å². The van der Waals surface area contributed by atoms with Crippen LogP contribution in [0, 0.1) is 0 Å². The predicted octanol–water partition coefficient (Wildman–Crippen LogP) is 16.0. The number of hydrogen-bond donors (Lipinski definition) is 0. The maximum absolute atomic E-state index is 12.8. The fourth-order valence-corrected chi connectivity index (χ4v) is 6.19. The highest BCUT2D eigenvalue weighted by molar-refractivity contribution is 5.71. The lowest BCUT2D eigenvalue weighted by molar-refractivity contribution is -0.167. The molecule has 0 fully saturated rings. The normalized spacial score (nSPS) is 13.0. The van der Waals surface area contributed by atoms with Gasteiger partial charge in [0, 0.05) is 19.3 Å². The van der Waals surface area contributed by atoms with Gasteiger partial charge < -0.3 is 14.2 Å². The zero-order chi connectivity index (χ0) is 44.4. The third-order valence-corrected chi connectivity index (χ3v) is 9.75. The number of hydrogen-bond acceptors (Lipinski definition) is 6. The van der Waals surface area contributed by atoms with E-state index in [-0.39, 0.29) is 31.1 Å². The lowest BCUT2D eigenvalue weighted by Gasteiger charge is -2.18. The molecule has 1 unspecified atom stereocenters. The van der Waals surface area contributed by atoms with Gasteiger partial charge in [-0.15, -0.1) is 0 Å². The molecule has 1 atom stereocenters. The predicted molar refractivity (Wildman–Crippen MR) is 260 cm³/mol. The first-order valence-electron chi connectivity index (χ1n) is 24.4. The molecular formula is C55H88O6. The molecule has 0 saturated heterocycles. The third-order valence-electron chi connectivity index (χ3n) is 9.75. The summed E-state index contributed by atoms with van der Waals surface area (Å²) in [4.78, 5) is 37.9. The van der Waals surface area contributed by atoms with Crippen LogP contribution in [0.5, 0.6) is 0 Å². The van der Waals surface area contributed by atoms with Crippen LogP contribution in [-0.2, 0) is 28.6 Å². The van der Waals surface area contributed by atoms with E-state index in [2.05, 4.69) is 130 Å². The average molecular weight is 845 g/mol. The Bertz CT molecular complexity index is 1290. The molecule has 0 heterocycles. The van der Waals surface area contributed by atoms with Crippen LogP contribution in [0.25, 0.3) is 0 Å². The summed E-state index contributed by atoms with van der Waals surface area (Å²) in [5.41, 5.74) is 0. The molecule has 0 amide bonds. The highest BCUT2D eigenvalue weighted by Gasteiger charge is 2.19. The van der Waals surface area contributed by atoms with Crippen molar-refractivity contribution in [1.29, 1.82) is 0 Å². The van der Waals surface area contributed by atoms with E-state index in [1.165, 1.54) is 0 Å². The van der Waals surface area contributed by atoms with Gasteiger partial charge in [-0.05, 0) is 116 Å². The Labute approximate surface area is 374 Å². The fourth-order valence-electron chi connectivity index (χ4n) is 6.19. The van der Waals surface area contributed by atoms with Gasteiger partial charge in [0.1, 0.15) is 13.2 Å². The first-order chi connectivity index (χ1) is 30.0. The monoisotopic (exact) mass is 845 g/mol. The van der Waals surface area contributed by atoms with Crippen LogP contribution in [-0.4, -0.2) is 37.2 Å². The summed E-state index contributed by atoms with van der Waals surface area (Å²) in [5, 5.41) is 0. The zero-order valence-electron chi connectivity index (χ0n) is 39.1. The van der Waals surface area contributed by atoms with E-state index < -0.39 is 6.10 Å². The standard InChI is InChI=1S/C55H88O6/c1-4-7-10-13-16-19-22-25-27-30-33-36-39-42-45-48-54(57)60-51-52(50-59-53(56)47-44-41-38-35-32-29-24-21-18-15-12-9-6-3)61-55(58)49-46-43-40-37-34-31-28-26-23-20-17-14-11-8-5-2/h7-12,16-21,25-29,32,52H,4-6,13-15,22-24,30-31,33-51H2,1-3H3/b10-7-,11-8-,12-9-,19-16-,20-17-,21-18-,27-25-,28-26-,32-29-. The van der Waals surface area contributed by atoms with Crippen molar-refractivity contribution in [3.05, 3.63) is 109 Å². The van der Waals surface area contributed by atoms with Crippen molar-refractivity contribution in [2.24, 2.45) is 0 Å². The average Bonchev–Trinajstić information content (AvgIpc) is 3.26. The van der Waals surface area contributed by atoms with Crippen molar-refractivity contribution in [1.82, 2.24) is 0 Å². The van der Waals surface area contributed by atoms with Crippen LogP contribution in [0.4, 0.5) is 0 Å². The third kappa shape index (κ3) is 47.0. The van der Waals surface area contributed by atoms with E-state index in [1.807, 2.05) is 0 Å². The zero-order valence-corrected chi connectivity index (χ0v) is 39.1. The minimum absolute atomic E-state index is 0.106. The minimum Gasteiger partial charge on any atom is -0.462 e. The Morgan fingerprint density at radius 3 is 0.934 bits per heavy atom. The largest absolute Gasteiger partial charge is 0.462 e. The molecule has 6 nitrogen and oxygen atoms in total. The molecule has 6 heteroatoms. The number of rotatable bonds is 42. The van der Waals surface area contributed by atoms with E-state index >= 15 is 0 Å². The molecule has 0 spiro atoms. The fraction of sp³-hybridized carbons (Fsp3) is 0.618. The van der Waals surface area contributed by atoms with Gasteiger partial charge in [0.2, 0.25) is 0 Å². The van der Waals surface area contributed by atoms with Crippen molar-refractivity contribution in [2.45, 2.75) is 207 Å². The van der Waals surface area contributed by atoms with Crippen molar-refractivity contribution >= 4 is 17.9 Å². The van der Waals surface area contributed by atoms with Crippen LogP contribution >= 0.6 is 0 Å². The minimum atomic E-state index is -0.807. The number of allylic oxidation sites excluding steroid dienone is 18. The van der Waals surface area contributed by atoms with E-state index in [9.17, 15) is 14.4 Å². The van der Waals surface area contributed by atoms with Crippen LogP contribution < -0.4 is 0 Å².